The minimum atomic E-state index is -4.71. The third-order valence-corrected chi connectivity index (χ3v) is 3.81. The van der Waals surface area contributed by atoms with Crippen LogP contribution in [0.3, 0.4) is 0 Å². The predicted molar refractivity (Wildman–Crippen MR) is 93.3 cm³/mol. The van der Waals surface area contributed by atoms with Crippen LogP contribution in [0.15, 0.2) is 79.2 Å². The lowest BCUT2D eigenvalue weighted by molar-refractivity contribution is -0.274. The van der Waals surface area contributed by atoms with E-state index in [1.807, 2.05) is 30.5 Å². The van der Waals surface area contributed by atoms with Gasteiger partial charge in [-0.25, -0.2) is 0 Å². The SMILES string of the molecule is C=C1C=CC(c2ccc(Cl)cc2)=CN1c1ccc(OC(F)(F)F)cc1. The minimum Gasteiger partial charge on any atom is -0.406 e. The first kappa shape index (κ1) is 17.2. The molecule has 2 aromatic rings. The Morgan fingerprint density at radius 1 is 0.920 bits per heavy atom. The van der Waals surface area contributed by atoms with Crippen molar-refractivity contribution in [3.05, 3.63) is 89.7 Å². The first-order valence-electron chi connectivity index (χ1n) is 7.32. The quantitative estimate of drug-likeness (QED) is 0.646. The first-order valence-corrected chi connectivity index (χ1v) is 7.69. The van der Waals surface area contributed by atoms with Gasteiger partial charge in [0.2, 0.25) is 0 Å². The van der Waals surface area contributed by atoms with Crippen LogP contribution < -0.4 is 9.64 Å². The molecule has 0 amide bonds. The fourth-order valence-corrected chi connectivity index (χ4v) is 2.52. The molecule has 6 heteroatoms. The summed E-state index contributed by atoms with van der Waals surface area (Å²) in [6, 6.07) is 13.0. The average molecular weight is 364 g/mol. The summed E-state index contributed by atoms with van der Waals surface area (Å²) < 4.78 is 40.6. The number of alkyl halides is 3. The van der Waals surface area contributed by atoms with Crippen LogP contribution in [-0.2, 0) is 0 Å². The van der Waals surface area contributed by atoms with E-state index in [0.29, 0.717) is 16.4 Å². The summed E-state index contributed by atoms with van der Waals surface area (Å²) in [5, 5.41) is 0.644. The highest BCUT2D eigenvalue weighted by atomic mass is 35.5. The normalized spacial score (nSPS) is 14.5. The number of halogens is 4. The smallest absolute Gasteiger partial charge is 0.406 e. The maximum Gasteiger partial charge on any atom is 0.573 e. The molecule has 0 N–H and O–H groups in total. The number of benzene rings is 2. The number of hydrogen-bond donors (Lipinski definition) is 0. The molecule has 2 nitrogen and oxygen atoms in total. The van der Waals surface area contributed by atoms with E-state index in [2.05, 4.69) is 11.3 Å². The van der Waals surface area contributed by atoms with Gasteiger partial charge < -0.3 is 9.64 Å². The molecule has 0 aromatic heterocycles. The topological polar surface area (TPSA) is 12.5 Å². The minimum absolute atomic E-state index is 0.267. The Morgan fingerprint density at radius 2 is 1.56 bits per heavy atom. The Kier molecular flexibility index (Phi) is 4.59. The van der Waals surface area contributed by atoms with Crippen LogP contribution in [0, 0.1) is 0 Å². The first-order chi connectivity index (χ1) is 11.8. The molecule has 1 heterocycles. The van der Waals surface area contributed by atoms with Crippen molar-refractivity contribution in [1.29, 1.82) is 0 Å². The molecule has 0 fully saturated rings. The number of hydrogen-bond acceptors (Lipinski definition) is 2. The van der Waals surface area contributed by atoms with E-state index >= 15 is 0 Å². The fraction of sp³-hybridized carbons (Fsp3) is 0.0526. The predicted octanol–water partition coefficient (Wildman–Crippen LogP) is 6.17. The van der Waals surface area contributed by atoms with Gasteiger partial charge in [0.05, 0.1) is 0 Å². The molecule has 0 atom stereocenters. The highest BCUT2D eigenvalue weighted by molar-refractivity contribution is 6.30. The number of anilines is 1. The molecule has 0 saturated heterocycles. The second kappa shape index (κ2) is 6.69. The van der Waals surface area contributed by atoms with E-state index in [9.17, 15) is 13.2 Å². The summed E-state index contributed by atoms with van der Waals surface area (Å²) in [6.07, 6.45) is 0.916. The molecule has 0 bridgehead atoms. The van der Waals surface area contributed by atoms with Gasteiger partial charge in [0, 0.05) is 22.6 Å². The molecule has 1 aliphatic rings. The van der Waals surface area contributed by atoms with Crippen LogP contribution >= 0.6 is 11.6 Å². The molecular formula is C19H13ClF3NO. The maximum atomic E-state index is 12.3. The lowest BCUT2D eigenvalue weighted by Crippen LogP contribution is -2.18. The van der Waals surface area contributed by atoms with E-state index in [0.717, 1.165) is 11.1 Å². The molecule has 0 saturated carbocycles. The zero-order valence-corrected chi connectivity index (χ0v) is 13.7. The third kappa shape index (κ3) is 4.25. The number of ether oxygens (including phenoxy) is 1. The lowest BCUT2D eigenvalue weighted by Gasteiger charge is -2.25. The van der Waals surface area contributed by atoms with Crippen LogP contribution in [0.4, 0.5) is 18.9 Å². The largest absolute Gasteiger partial charge is 0.573 e. The third-order valence-electron chi connectivity index (χ3n) is 3.56. The molecule has 0 unspecified atom stereocenters. The molecule has 25 heavy (non-hydrogen) atoms. The van der Waals surface area contributed by atoms with Crippen LogP contribution in [0.5, 0.6) is 5.75 Å². The van der Waals surface area contributed by atoms with Gasteiger partial charge in [0.1, 0.15) is 5.75 Å². The second-order valence-electron chi connectivity index (χ2n) is 5.33. The molecule has 1 aliphatic heterocycles. The van der Waals surface area contributed by atoms with Crippen LogP contribution in [-0.4, -0.2) is 6.36 Å². The Morgan fingerprint density at radius 3 is 2.16 bits per heavy atom. The zero-order valence-electron chi connectivity index (χ0n) is 12.9. The van der Waals surface area contributed by atoms with Crippen molar-refractivity contribution in [2.75, 3.05) is 4.90 Å². The highest BCUT2D eigenvalue weighted by Gasteiger charge is 2.31. The monoisotopic (exact) mass is 363 g/mol. The van der Waals surface area contributed by atoms with Gasteiger partial charge in [-0.2, -0.15) is 0 Å². The van der Waals surface area contributed by atoms with Gasteiger partial charge in [0.25, 0.3) is 0 Å². The lowest BCUT2D eigenvalue weighted by atomic mass is 10.0. The summed E-state index contributed by atoms with van der Waals surface area (Å²) in [5.41, 5.74) is 3.27. The summed E-state index contributed by atoms with van der Waals surface area (Å²) in [6.45, 7) is 3.96. The van der Waals surface area contributed by atoms with Gasteiger partial charge in [-0.05, 0) is 53.6 Å². The number of nitrogens with zero attached hydrogens (tertiary/aromatic N) is 1. The zero-order chi connectivity index (χ0) is 18.0. The highest BCUT2D eigenvalue weighted by Crippen LogP contribution is 2.31. The van der Waals surface area contributed by atoms with E-state index in [-0.39, 0.29) is 5.75 Å². The van der Waals surface area contributed by atoms with Crippen molar-refractivity contribution < 1.29 is 17.9 Å². The fourth-order valence-electron chi connectivity index (χ4n) is 2.39. The Hall–Kier alpha value is -2.66. The summed E-state index contributed by atoms with van der Waals surface area (Å²) in [4.78, 5) is 1.79. The maximum absolute atomic E-state index is 12.3. The summed E-state index contributed by atoms with van der Waals surface area (Å²) in [7, 11) is 0. The summed E-state index contributed by atoms with van der Waals surface area (Å²) >= 11 is 5.90. The van der Waals surface area contributed by atoms with E-state index in [1.54, 1.807) is 29.2 Å². The average Bonchev–Trinajstić information content (AvgIpc) is 2.56. The van der Waals surface area contributed by atoms with E-state index < -0.39 is 6.36 Å². The molecule has 0 aliphatic carbocycles. The molecule has 0 radical (unpaired) electrons. The van der Waals surface area contributed by atoms with Gasteiger partial charge in [-0.3, -0.25) is 0 Å². The standard InChI is InChI=1S/C19H13ClF3NO/c1-13-2-3-15(14-4-6-16(20)7-5-14)12-24(13)17-8-10-18(11-9-17)25-19(21,22)23/h2-12H,1H2. The van der Waals surface area contributed by atoms with Crippen molar-refractivity contribution in [1.82, 2.24) is 0 Å². The summed E-state index contributed by atoms with van der Waals surface area (Å²) in [5.74, 6) is -0.267. The second-order valence-corrected chi connectivity index (χ2v) is 5.76. The molecule has 0 spiro atoms. The van der Waals surface area contributed by atoms with Crippen molar-refractivity contribution >= 4 is 22.9 Å². The van der Waals surface area contributed by atoms with Crippen molar-refractivity contribution in [3.63, 3.8) is 0 Å². The Labute approximate surface area is 148 Å². The van der Waals surface area contributed by atoms with E-state index in [4.69, 9.17) is 11.6 Å². The van der Waals surface area contributed by atoms with Gasteiger partial charge in [-0.1, -0.05) is 36.4 Å². The van der Waals surface area contributed by atoms with Crippen molar-refractivity contribution in [2.45, 2.75) is 6.36 Å². The molecule has 2 aromatic carbocycles. The van der Waals surface area contributed by atoms with Crippen molar-refractivity contribution in [2.24, 2.45) is 0 Å². The van der Waals surface area contributed by atoms with Gasteiger partial charge in [-0.15, -0.1) is 13.2 Å². The van der Waals surface area contributed by atoms with Crippen molar-refractivity contribution in [3.8, 4) is 5.75 Å². The van der Waals surface area contributed by atoms with Crippen LogP contribution in [0.25, 0.3) is 5.57 Å². The Bertz CT molecular complexity index is 836. The van der Waals surface area contributed by atoms with Crippen LogP contribution in [0.2, 0.25) is 5.02 Å². The van der Waals surface area contributed by atoms with Gasteiger partial charge >= 0.3 is 6.36 Å². The molecule has 3 rings (SSSR count). The number of allylic oxidation sites excluding steroid dienone is 3. The number of rotatable bonds is 3. The van der Waals surface area contributed by atoms with E-state index in [1.165, 1.54) is 12.1 Å². The van der Waals surface area contributed by atoms with Gasteiger partial charge in [0.15, 0.2) is 0 Å². The Balaban J connectivity index is 1.86. The van der Waals surface area contributed by atoms with Crippen LogP contribution in [0.1, 0.15) is 5.56 Å². The molecule has 128 valence electrons. The molecular weight excluding hydrogens is 351 g/mol.